The number of carbonyl (C=O) groups is 4. The van der Waals surface area contributed by atoms with Crippen molar-refractivity contribution in [2.75, 3.05) is 14.2 Å². The predicted octanol–water partition coefficient (Wildman–Crippen LogP) is 3.93. The summed E-state index contributed by atoms with van der Waals surface area (Å²) >= 11 is 0. The van der Waals surface area contributed by atoms with Crippen LogP contribution in [0.25, 0.3) is 0 Å². The molecule has 2 saturated carbocycles. The van der Waals surface area contributed by atoms with Crippen LogP contribution in [0, 0.1) is 10.8 Å². The average molecular weight is 395 g/mol. The molecule has 0 aromatic carbocycles. The fourth-order valence-corrected chi connectivity index (χ4v) is 4.97. The van der Waals surface area contributed by atoms with Gasteiger partial charge in [0.05, 0.1) is 14.2 Å². The highest BCUT2D eigenvalue weighted by Crippen LogP contribution is 2.42. The van der Waals surface area contributed by atoms with E-state index in [4.69, 9.17) is 9.47 Å². The molecule has 6 heteroatoms. The average Bonchev–Trinajstić information content (AvgIpc) is 3.26. The molecule has 0 aromatic heterocycles. The number of carbonyl (C=O) groups excluding carboxylic acids is 4. The lowest BCUT2D eigenvalue weighted by atomic mass is 9.79. The van der Waals surface area contributed by atoms with E-state index in [2.05, 4.69) is 0 Å². The highest BCUT2D eigenvalue weighted by Gasteiger charge is 2.49. The smallest absolute Gasteiger partial charge is 0.319 e. The lowest BCUT2D eigenvalue weighted by molar-refractivity contribution is -0.158. The van der Waals surface area contributed by atoms with Crippen LogP contribution in [0.5, 0.6) is 0 Å². The molecular weight excluding hydrogens is 360 g/mol. The summed E-state index contributed by atoms with van der Waals surface area (Å²) in [5.41, 5.74) is -1.80. The zero-order chi connectivity index (χ0) is 20.6. The van der Waals surface area contributed by atoms with Crippen molar-refractivity contribution in [2.24, 2.45) is 10.8 Å². The van der Waals surface area contributed by atoms with Gasteiger partial charge in [0.1, 0.15) is 22.4 Å². The molecule has 0 amide bonds. The van der Waals surface area contributed by atoms with Gasteiger partial charge < -0.3 is 9.47 Å². The zero-order valence-electron chi connectivity index (χ0n) is 17.3. The van der Waals surface area contributed by atoms with Gasteiger partial charge in [-0.25, -0.2) is 0 Å². The Balaban J connectivity index is 1.67. The minimum Gasteiger partial charge on any atom is -0.468 e. The van der Waals surface area contributed by atoms with E-state index in [1.807, 2.05) is 0 Å². The summed E-state index contributed by atoms with van der Waals surface area (Å²) in [6, 6.07) is 0. The van der Waals surface area contributed by atoms with Crippen molar-refractivity contribution in [3.8, 4) is 0 Å². The minimum absolute atomic E-state index is 0.0358. The number of ether oxygens (including phenoxy) is 2. The molecule has 6 nitrogen and oxygen atoms in total. The summed E-state index contributed by atoms with van der Waals surface area (Å²) in [6.07, 6.45) is 10.5. The van der Waals surface area contributed by atoms with Gasteiger partial charge in [-0.15, -0.1) is 0 Å². The molecule has 28 heavy (non-hydrogen) atoms. The van der Waals surface area contributed by atoms with E-state index in [0.717, 1.165) is 51.4 Å². The summed E-state index contributed by atoms with van der Waals surface area (Å²) in [5.74, 6) is -0.670. The van der Waals surface area contributed by atoms with Gasteiger partial charge in [-0.2, -0.15) is 0 Å². The van der Waals surface area contributed by atoms with E-state index in [1.54, 1.807) is 0 Å². The van der Waals surface area contributed by atoms with Gasteiger partial charge in [-0.1, -0.05) is 38.5 Å². The first kappa shape index (κ1) is 22.6. The molecule has 2 fully saturated rings. The number of unbranched alkanes of at least 4 members (excludes halogenated alkanes) is 5. The summed E-state index contributed by atoms with van der Waals surface area (Å²) in [6.45, 7) is 0. The Hall–Kier alpha value is -1.72. The molecule has 0 N–H and O–H groups in total. The Kier molecular flexibility index (Phi) is 8.20. The number of ketones is 2. The van der Waals surface area contributed by atoms with Crippen LogP contribution in [-0.4, -0.2) is 37.7 Å². The van der Waals surface area contributed by atoms with Gasteiger partial charge in [-0.3, -0.25) is 19.2 Å². The van der Waals surface area contributed by atoms with Gasteiger partial charge in [0, 0.05) is 12.8 Å². The Morgan fingerprint density at radius 1 is 0.714 bits per heavy atom. The number of hydrogen-bond donors (Lipinski definition) is 0. The molecule has 0 saturated heterocycles. The van der Waals surface area contributed by atoms with E-state index >= 15 is 0 Å². The van der Waals surface area contributed by atoms with E-state index in [1.165, 1.54) is 14.2 Å². The zero-order valence-corrected chi connectivity index (χ0v) is 17.3. The van der Waals surface area contributed by atoms with E-state index < -0.39 is 10.8 Å². The predicted molar refractivity (Wildman–Crippen MR) is 104 cm³/mol. The molecule has 158 valence electrons. The Morgan fingerprint density at radius 2 is 1.07 bits per heavy atom. The molecule has 0 bridgehead atoms. The van der Waals surface area contributed by atoms with Gasteiger partial charge in [0.15, 0.2) is 0 Å². The van der Waals surface area contributed by atoms with Gasteiger partial charge in [0.25, 0.3) is 0 Å². The van der Waals surface area contributed by atoms with Crippen molar-refractivity contribution in [3.63, 3.8) is 0 Å². The lowest BCUT2D eigenvalue weighted by Gasteiger charge is -2.24. The molecular formula is C22H34O6. The van der Waals surface area contributed by atoms with Crippen LogP contribution < -0.4 is 0 Å². The maximum atomic E-state index is 12.2. The minimum atomic E-state index is -0.898. The van der Waals surface area contributed by atoms with Gasteiger partial charge >= 0.3 is 11.9 Å². The van der Waals surface area contributed by atoms with Crippen LogP contribution in [0.2, 0.25) is 0 Å². The second-order valence-electron chi connectivity index (χ2n) is 8.32. The van der Waals surface area contributed by atoms with Crippen LogP contribution in [0.15, 0.2) is 0 Å². The molecule has 0 aliphatic heterocycles. The molecule has 2 atom stereocenters. The molecule has 2 rings (SSSR count). The third-order valence-electron chi connectivity index (χ3n) is 6.69. The monoisotopic (exact) mass is 394 g/mol. The van der Waals surface area contributed by atoms with Crippen LogP contribution in [0.4, 0.5) is 0 Å². The van der Waals surface area contributed by atoms with E-state index in [0.29, 0.717) is 38.5 Å². The van der Waals surface area contributed by atoms with Gasteiger partial charge in [-0.05, 0) is 38.5 Å². The van der Waals surface area contributed by atoms with Crippen molar-refractivity contribution in [1.29, 1.82) is 0 Å². The maximum Gasteiger partial charge on any atom is 0.319 e. The van der Waals surface area contributed by atoms with Crippen LogP contribution in [-0.2, 0) is 28.7 Å². The van der Waals surface area contributed by atoms with Crippen molar-refractivity contribution < 1.29 is 28.7 Å². The molecule has 2 aliphatic carbocycles. The Bertz CT molecular complexity index is 546. The van der Waals surface area contributed by atoms with Crippen molar-refractivity contribution in [2.45, 2.75) is 89.9 Å². The summed E-state index contributed by atoms with van der Waals surface area (Å²) < 4.78 is 9.78. The normalized spacial score (nSPS) is 27.2. The van der Waals surface area contributed by atoms with Crippen molar-refractivity contribution in [1.82, 2.24) is 0 Å². The quantitative estimate of drug-likeness (QED) is 0.300. The number of rotatable bonds is 11. The maximum absolute atomic E-state index is 12.2. The first-order chi connectivity index (χ1) is 13.4. The molecule has 2 aliphatic rings. The van der Waals surface area contributed by atoms with Crippen molar-refractivity contribution in [3.05, 3.63) is 0 Å². The fourth-order valence-electron chi connectivity index (χ4n) is 4.97. The van der Waals surface area contributed by atoms with E-state index in [-0.39, 0.29) is 23.5 Å². The third kappa shape index (κ3) is 4.64. The third-order valence-corrected chi connectivity index (χ3v) is 6.69. The number of Topliss-reactive ketones (excluding diaryl/α,β-unsaturated/α-hetero) is 2. The second-order valence-corrected chi connectivity index (χ2v) is 8.32. The van der Waals surface area contributed by atoms with Crippen molar-refractivity contribution >= 4 is 23.5 Å². The topological polar surface area (TPSA) is 86.7 Å². The van der Waals surface area contributed by atoms with Crippen LogP contribution in [0.3, 0.4) is 0 Å². The first-order valence-corrected chi connectivity index (χ1v) is 10.7. The summed E-state index contributed by atoms with van der Waals surface area (Å²) in [7, 11) is 2.71. The molecule has 0 radical (unpaired) electrons. The van der Waals surface area contributed by atoms with E-state index in [9.17, 15) is 19.2 Å². The summed E-state index contributed by atoms with van der Waals surface area (Å²) in [5, 5.41) is 0. The number of methoxy groups -OCH3 is 2. The van der Waals surface area contributed by atoms with Gasteiger partial charge in [0.2, 0.25) is 0 Å². The highest BCUT2D eigenvalue weighted by molar-refractivity contribution is 6.05. The number of hydrogen-bond acceptors (Lipinski definition) is 6. The largest absolute Gasteiger partial charge is 0.468 e. The molecule has 0 aromatic rings. The molecule has 2 unspecified atom stereocenters. The molecule has 0 spiro atoms. The standard InChI is InChI=1S/C22H34O6/c1-27-19(25)21(15-9-11-17(21)23)13-7-5-3-4-6-8-14-22(20(26)28-2)16-10-12-18(22)24/h3-16H2,1-2H3. The highest BCUT2D eigenvalue weighted by atomic mass is 16.5. The fraction of sp³-hybridized carbons (Fsp3) is 0.818. The van der Waals surface area contributed by atoms with Crippen LogP contribution >= 0.6 is 0 Å². The second kappa shape index (κ2) is 10.2. The Morgan fingerprint density at radius 3 is 1.36 bits per heavy atom. The van der Waals surface area contributed by atoms with Crippen LogP contribution in [0.1, 0.15) is 89.9 Å². The SMILES string of the molecule is COC(=O)C1(CCCCCCCCC2(C(=O)OC)CCCC2=O)CCCC1=O. The molecule has 0 heterocycles. The number of esters is 2. The summed E-state index contributed by atoms with van der Waals surface area (Å²) in [4.78, 5) is 48.6. The first-order valence-electron chi connectivity index (χ1n) is 10.7. The Labute approximate surface area is 167 Å². The lowest BCUT2D eigenvalue weighted by Crippen LogP contribution is -2.36.